The Kier molecular flexibility index (Phi) is 13.3. The van der Waals surface area contributed by atoms with Crippen molar-refractivity contribution in [1.82, 2.24) is 0 Å². The van der Waals surface area contributed by atoms with Gasteiger partial charge in [0.25, 0.3) is 0 Å². The molecule has 0 aliphatic rings. The molecule has 0 aromatic heterocycles. The fourth-order valence-corrected chi connectivity index (χ4v) is 1.31. The number of esters is 1. The van der Waals surface area contributed by atoms with Crippen LogP contribution in [0.15, 0.2) is 0 Å². The van der Waals surface area contributed by atoms with Gasteiger partial charge in [-0.15, -0.1) is 0 Å². The van der Waals surface area contributed by atoms with E-state index in [2.05, 4.69) is 4.74 Å². The van der Waals surface area contributed by atoms with E-state index in [1.165, 1.54) is 6.92 Å². The molecule has 0 amide bonds. The van der Waals surface area contributed by atoms with Crippen molar-refractivity contribution in [2.75, 3.05) is 18.6 Å². The number of carboxylic acid groups (broad SMARTS) is 2. The molecular formula is C11H22N2O6S. The molecule has 118 valence electrons. The highest BCUT2D eigenvalue weighted by Crippen LogP contribution is 1.97. The van der Waals surface area contributed by atoms with Crippen molar-refractivity contribution >= 4 is 29.7 Å². The van der Waals surface area contributed by atoms with Gasteiger partial charge >= 0.3 is 17.9 Å². The molecule has 9 heteroatoms. The molecule has 8 nitrogen and oxygen atoms in total. The normalized spacial score (nSPS) is 12.6. The molecule has 0 fully saturated rings. The van der Waals surface area contributed by atoms with Crippen LogP contribution in [0.5, 0.6) is 0 Å². The number of rotatable bonds is 8. The molecule has 0 aliphatic carbocycles. The quantitative estimate of drug-likeness (QED) is 0.434. The molecule has 0 aromatic rings. The van der Waals surface area contributed by atoms with Crippen LogP contribution in [0, 0.1) is 0 Å². The minimum Gasteiger partial charge on any atom is -0.480 e. The molecule has 0 spiro atoms. The first-order valence-electron chi connectivity index (χ1n) is 5.81. The van der Waals surface area contributed by atoms with Gasteiger partial charge in [-0.1, -0.05) is 0 Å². The highest BCUT2D eigenvalue weighted by molar-refractivity contribution is 7.98. The Bertz CT molecular complexity index is 313. The number of carboxylic acids is 2. The van der Waals surface area contributed by atoms with Gasteiger partial charge in [0, 0.05) is 13.3 Å². The number of ether oxygens (including phenoxy) is 1. The zero-order valence-corrected chi connectivity index (χ0v) is 12.4. The molecule has 0 rings (SSSR count). The maximum atomic E-state index is 10.2. The molecule has 0 saturated carbocycles. The summed E-state index contributed by atoms with van der Waals surface area (Å²) in [6.07, 6.45) is 2.62. The minimum absolute atomic E-state index is 0.0583. The lowest BCUT2D eigenvalue weighted by atomic mass is 10.2. The van der Waals surface area contributed by atoms with Crippen LogP contribution in [-0.2, 0) is 19.1 Å². The minimum atomic E-state index is -1.09. The van der Waals surface area contributed by atoms with E-state index in [4.69, 9.17) is 21.7 Å². The van der Waals surface area contributed by atoms with E-state index in [0.717, 1.165) is 5.75 Å². The molecule has 0 saturated heterocycles. The Morgan fingerprint density at radius 3 is 1.90 bits per heavy atom. The lowest BCUT2D eigenvalue weighted by Gasteiger charge is -2.04. The number of hydrogen-bond acceptors (Lipinski definition) is 7. The van der Waals surface area contributed by atoms with Crippen LogP contribution in [0.3, 0.4) is 0 Å². The van der Waals surface area contributed by atoms with Crippen LogP contribution in [-0.4, -0.2) is 58.8 Å². The summed E-state index contributed by atoms with van der Waals surface area (Å²) in [5, 5.41) is 16.6. The van der Waals surface area contributed by atoms with E-state index >= 15 is 0 Å². The summed E-state index contributed by atoms with van der Waals surface area (Å²) in [4.78, 5) is 30.4. The van der Waals surface area contributed by atoms with Crippen molar-refractivity contribution < 1.29 is 29.3 Å². The van der Waals surface area contributed by atoms with Crippen molar-refractivity contribution in [2.24, 2.45) is 11.5 Å². The summed E-state index contributed by atoms with van der Waals surface area (Å²) in [5.74, 6) is -1.61. The molecule has 2 atom stereocenters. The molecular weight excluding hydrogens is 288 g/mol. The maximum absolute atomic E-state index is 10.2. The first-order valence-corrected chi connectivity index (χ1v) is 7.20. The van der Waals surface area contributed by atoms with Gasteiger partial charge in [0.05, 0.1) is 6.61 Å². The van der Waals surface area contributed by atoms with Gasteiger partial charge in [-0.2, -0.15) is 11.8 Å². The molecule has 0 radical (unpaired) electrons. The Morgan fingerprint density at radius 2 is 1.55 bits per heavy atom. The van der Waals surface area contributed by atoms with Crippen LogP contribution >= 0.6 is 11.8 Å². The molecule has 6 N–H and O–H groups in total. The van der Waals surface area contributed by atoms with Gasteiger partial charge in [-0.3, -0.25) is 14.4 Å². The second-order valence-electron chi connectivity index (χ2n) is 3.80. The summed E-state index contributed by atoms with van der Waals surface area (Å²) in [6, 6.07) is -1.63. The number of carbonyl (C=O) groups is 3. The smallest absolute Gasteiger partial charge is 0.320 e. The van der Waals surface area contributed by atoms with E-state index in [-0.39, 0.29) is 13.0 Å². The summed E-state index contributed by atoms with van der Waals surface area (Å²) >= 11 is 1.60. The highest BCUT2D eigenvalue weighted by Gasteiger charge is 2.10. The predicted molar refractivity (Wildman–Crippen MR) is 75.5 cm³/mol. The van der Waals surface area contributed by atoms with Crippen LogP contribution in [0.4, 0.5) is 0 Å². The Balaban J connectivity index is 0. The number of nitrogens with two attached hydrogens (primary N) is 2. The summed E-state index contributed by atoms with van der Waals surface area (Å²) in [6.45, 7) is 1.31. The largest absolute Gasteiger partial charge is 0.480 e. The van der Waals surface area contributed by atoms with E-state index in [1.807, 2.05) is 6.26 Å². The Hall–Kier alpha value is -1.32. The van der Waals surface area contributed by atoms with Crippen LogP contribution < -0.4 is 11.5 Å². The van der Waals surface area contributed by atoms with E-state index < -0.39 is 30.0 Å². The molecule has 0 heterocycles. The summed E-state index contributed by atoms with van der Waals surface area (Å²) < 4.78 is 4.48. The van der Waals surface area contributed by atoms with Gasteiger partial charge in [0.2, 0.25) is 0 Å². The average molecular weight is 310 g/mol. The molecule has 0 unspecified atom stereocenters. The Labute approximate surface area is 121 Å². The molecule has 20 heavy (non-hydrogen) atoms. The first-order chi connectivity index (χ1) is 9.22. The van der Waals surface area contributed by atoms with Gasteiger partial charge in [0.1, 0.15) is 12.1 Å². The number of thioether (sulfide) groups is 1. The van der Waals surface area contributed by atoms with Gasteiger partial charge < -0.3 is 26.4 Å². The van der Waals surface area contributed by atoms with Crippen LogP contribution in [0.25, 0.3) is 0 Å². The standard InChI is InChI=1S/C6H11NO4.C5H11NO2S/c1-4(8)11-3-2-5(7)6(9)10;1-9-3-2-4(6)5(7)8/h5H,2-3,7H2,1H3,(H,9,10);4H,2-3,6H2,1H3,(H,7,8)/t5-;4-/m00/s1. The fourth-order valence-electron chi connectivity index (χ4n) is 0.821. The molecule has 0 aromatic carbocycles. The lowest BCUT2D eigenvalue weighted by molar-refractivity contribution is -0.144. The summed E-state index contributed by atoms with van der Waals surface area (Å²) in [5.41, 5.74) is 10.3. The summed E-state index contributed by atoms with van der Waals surface area (Å²) in [7, 11) is 0. The van der Waals surface area contributed by atoms with Gasteiger partial charge in [-0.25, -0.2) is 0 Å². The topological polar surface area (TPSA) is 153 Å². The van der Waals surface area contributed by atoms with Crippen molar-refractivity contribution in [1.29, 1.82) is 0 Å². The molecule has 0 bridgehead atoms. The second kappa shape index (κ2) is 12.7. The van der Waals surface area contributed by atoms with Crippen molar-refractivity contribution in [3.63, 3.8) is 0 Å². The van der Waals surface area contributed by atoms with Crippen LogP contribution in [0.2, 0.25) is 0 Å². The monoisotopic (exact) mass is 310 g/mol. The van der Waals surface area contributed by atoms with E-state index in [0.29, 0.717) is 6.42 Å². The van der Waals surface area contributed by atoms with Crippen molar-refractivity contribution in [3.05, 3.63) is 0 Å². The van der Waals surface area contributed by atoms with Gasteiger partial charge in [-0.05, 0) is 18.4 Å². The highest BCUT2D eigenvalue weighted by atomic mass is 32.2. The Morgan fingerprint density at radius 1 is 1.10 bits per heavy atom. The third kappa shape index (κ3) is 14.7. The average Bonchev–Trinajstić information content (AvgIpc) is 2.35. The maximum Gasteiger partial charge on any atom is 0.320 e. The van der Waals surface area contributed by atoms with Crippen molar-refractivity contribution in [3.8, 4) is 0 Å². The third-order valence-electron chi connectivity index (χ3n) is 2.00. The van der Waals surface area contributed by atoms with E-state index in [9.17, 15) is 14.4 Å². The van der Waals surface area contributed by atoms with Crippen molar-refractivity contribution in [2.45, 2.75) is 31.8 Å². The predicted octanol–water partition coefficient (Wildman–Crippen LogP) is -0.497. The number of carbonyl (C=O) groups excluding carboxylic acids is 1. The fraction of sp³-hybridized carbons (Fsp3) is 0.727. The van der Waals surface area contributed by atoms with Gasteiger partial charge in [0.15, 0.2) is 0 Å². The zero-order valence-electron chi connectivity index (χ0n) is 11.6. The lowest BCUT2D eigenvalue weighted by Crippen LogP contribution is -2.31. The number of aliphatic carboxylic acids is 2. The van der Waals surface area contributed by atoms with E-state index in [1.54, 1.807) is 11.8 Å². The zero-order chi connectivity index (χ0) is 16.1. The second-order valence-corrected chi connectivity index (χ2v) is 4.79. The molecule has 0 aliphatic heterocycles. The third-order valence-corrected chi connectivity index (χ3v) is 2.65. The number of hydrogen-bond donors (Lipinski definition) is 4. The SMILES string of the molecule is CC(=O)OCC[C@H](N)C(=O)O.CSCC[C@H](N)C(=O)O. The van der Waals surface area contributed by atoms with Crippen LogP contribution in [0.1, 0.15) is 19.8 Å². The first kappa shape index (κ1) is 21.0.